The molecule has 2 aromatic rings. The van der Waals surface area contributed by atoms with Crippen molar-refractivity contribution in [1.29, 1.82) is 0 Å². The summed E-state index contributed by atoms with van der Waals surface area (Å²) in [7, 11) is 6.61. The Morgan fingerprint density at radius 1 is 0.625 bits per heavy atom. The van der Waals surface area contributed by atoms with Crippen LogP contribution in [0.15, 0.2) is 42.5 Å². The fourth-order valence-electron chi connectivity index (χ4n) is 3.35. The Hall–Kier alpha value is -1.50. The van der Waals surface area contributed by atoms with Gasteiger partial charge in [-0.3, -0.25) is 0 Å². The molecular formula is C23H31B. The molecule has 0 heterocycles. The van der Waals surface area contributed by atoms with Crippen molar-refractivity contribution in [2.75, 3.05) is 0 Å². The molecule has 2 aromatic carbocycles. The molecule has 0 bridgehead atoms. The minimum absolute atomic E-state index is 0.0454. The highest BCUT2D eigenvalue weighted by atomic mass is 14.3. The van der Waals surface area contributed by atoms with Crippen LogP contribution in [0.1, 0.15) is 72.1 Å². The standard InChI is InChI=1S/C23H31B/c1-21(2,3)18-14-17(16-12-10-9-11-13-16)15-19(23(7,8)24)20(18)22(4,5)6/h9-15H,1-8H3. The van der Waals surface area contributed by atoms with Crippen LogP contribution in [0.5, 0.6) is 0 Å². The maximum atomic E-state index is 6.61. The minimum atomic E-state index is -0.382. The van der Waals surface area contributed by atoms with Gasteiger partial charge in [-0.2, -0.15) is 0 Å². The van der Waals surface area contributed by atoms with Gasteiger partial charge in [0.2, 0.25) is 0 Å². The molecule has 24 heavy (non-hydrogen) atoms. The zero-order chi connectivity index (χ0) is 18.3. The quantitative estimate of drug-likeness (QED) is 0.566. The normalized spacial score (nSPS) is 13.2. The molecule has 0 aliphatic rings. The van der Waals surface area contributed by atoms with Crippen LogP contribution >= 0.6 is 0 Å². The highest BCUT2D eigenvalue weighted by molar-refractivity contribution is 6.15. The van der Waals surface area contributed by atoms with E-state index in [-0.39, 0.29) is 16.1 Å². The van der Waals surface area contributed by atoms with Crippen molar-refractivity contribution in [3.05, 3.63) is 59.2 Å². The van der Waals surface area contributed by atoms with Crippen molar-refractivity contribution in [3.63, 3.8) is 0 Å². The lowest BCUT2D eigenvalue weighted by Gasteiger charge is -2.37. The molecule has 0 saturated heterocycles. The Balaban J connectivity index is 2.90. The smallest absolute Gasteiger partial charge is 0.0639 e. The van der Waals surface area contributed by atoms with Gasteiger partial charge in [0, 0.05) is 0 Å². The molecule has 0 unspecified atom stereocenters. The first-order chi connectivity index (χ1) is 10.8. The second-order valence-electron chi connectivity index (χ2n) is 9.53. The Bertz CT molecular complexity index is 669. The first kappa shape index (κ1) is 18.8. The van der Waals surface area contributed by atoms with E-state index in [1.165, 1.54) is 27.8 Å². The Morgan fingerprint density at radius 3 is 1.54 bits per heavy atom. The largest absolute Gasteiger partial charge is 0.0803 e. The van der Waals surface area contributed by atoms with E-state index in [0.717, 1.165) is 0 Å². The zero-order valence-corrected chi connectivity index (χ0v) is 16.6. The van der Waals surface area contributed by atoms with E-state index in [1.807, 2.05) is 0 Å². The molecule has 126 valence electrons. The van der Waals surface area contributed by atoms with Gasteiger partial charge < -0.3 is 0 Å². The molecule has 0 saturated carbocycles. The monoisotopic (exact) mass is 318 g/mol. The third-order valence-electron chi connectivity index (χ3n) is 4.50. The summed E-state index contributed by atoms with van der Waals surface area (Å²) < 4.78 is 0. The third kappa shape index (κ3) is 3.94. The highest BCUT2D eigenvalue weighted by Crippen LogP contribution is 2.42. The minimum Gasteiger partial charge on any atom is -0.0639 e. The molecule has 0 N–H and O–H groups in total. The molecule has 2 radical (unpaired) electrons. The van der Waals surface area contributed by atoms with E-state index in [4.69, 9.17) is 7.85 Å². The maximum absolute atomic E-state index is 6.61. The van der Waals surface area contributed by atoms with Crippen LogP contribution in [0, 0.1) is 0 Å². The Morgan fingerprint density at radius 2 is 1.12 bits per heavy atom. The zero-order valence-electron chi connectivity index (χ0n) is 16.6. The fraction of sp³-hybridized carbons (Fsp3) is 0.478. The molecule has 0 fully saturated rings. The molecule has 0 aliphatic carbocycles. The first-order valence-electron chi connectivity index (χ1n) is 8.85. The molecule has 0 atom stereocenters. The van der Waals surface area contributed by atoms with E-state index in [1.54, 1.807) is 0 Å². The van der Waals surface area contributed by atoms with Gasteiger partial charge in [-0.15, -0.1) is 0 Å². The van der Waals surface area contributed by atoms with E-state index in [2.05, 4.69) is 97.9 Å². The van der Waals surface area contributed by atoms with Gasteiger partial charge in [-0.1, -0.05) is 97.9 Å². The number of hydrogen-bond donors (Lipinski definition) is 0. The Labute approximate surface area is 150 Å². The first-order valence-corrected chi connectivity index (χ1v) is 8.85. The van der Waals surface area contributed by atoms with E-state index in [9.17, 15) is 0 Å². The van der Waals surface area contributed by atoms with Crippen LogP contribution in [0.4, 0.5) is 0 Å². The molecule has 0 nitrogen and oxygen atoms in total. The highest BCUT2D eigenvalue weighted by Gasteiger charge is 2.32. The average Bonchev–Trinajstić information content (AvgIpc) is 2.44. The topological polar surface area (TPSA) is 0 Å². The van der Waals surface area contributed by atoms with Crippen LogP contribution in [-0.2, 0) is 16.1 Å². The lowest BCUT2D eigenvalue weighted by Crippen LogP contribution is -2.29. The lowest BCUT2D eigenvalue weighted by atomic mass is 9.60. The summed E-state index contributed by atoms with van der Waals surface area (Å²) in [4.78, 5) is 0. The summed E-state index contributed by atoms with van der Waals surface area (Å²) in [6, 6.07) is 15.3. The SMILES string of the molecule is [B]C(C)(C)c1cc(-c2ccccc2)cc(C(C)(C)C)c1C(C)(C)C. The van der Waals surface area contributed by atoms with Crippen LogP contribution < -0.4 is 0 Å². The van der Waals surface area contributed by atoms with Crippen molar-refractivity contribution in [2.24, 2.45) is 0 Å². The molecular weight excluding hydrogens is 287 g/mol. The third-order valence-corrected chi connectivity index (χ3v) is 4.50. The van der Waals surface area contributed by atoms with Crippen LogP contribution in [0.2, 0.25) is 0 Å². The van der Waals surface area contributed by atoms with E-state index >= 15 is 0 Å². The van der Waals surface area contributed by atoms with Crippen molar-refractivity contribution in [1.82, 2.24) is 0 Å². The maximum Gasteiger partial charge on any atom is 0.0803 e. The van der Waals surface area contributed by atoms with Crippen molar-refractivity contribution >= 4 is 7.85 Å². The summed E-state index contributed by atoms with van der Waals surface area (Å²) in [5.74, 6) is 0. The van der Waals surface area contributed by atoms with E-state index < -0.39 is 0 Å². The van der Waals surface area contributed by atoms with Crippen LogP contribution in [0.25, 0.3) is 11.1 Å². The predicted molar refractivity (Wildman–Crippen MR) is 108 cm³/mol. The average molecular weight is 318 g/mol. The fourth-order valence-corrected chi connectivity index (χ4v) is 3.35. The van der Waals surface area contributed by atoms with Crippen LogP contribution in [0.3, 0.4) is 0 Å². The van der Waals surface area contributed by atoms with Gasteiger partial charge in [0.1, 0.15) is 0 Å². The molecule has 0 spiro atoms. The number of hydrogen-bond acceptors (Lipinski definition) is 0. The second kappa shape index (κ2) is 6.10. The summed E-state index contributed by atoms with van der Waals surface area (Å²) in [5.41, 5.74) is 6.64. The molecule has 0 amide bonds. The van der Waals surface area contributed by atoms with Crippen LogP contribution in [-0.4, -0.2) is 7.85 Å². The van der Waals surface area contributed by atoms with Crippen molar-refractivity contribution < 1.29 is 0 Å². The van der Waals surface area contributed by atoms with Gasteiger partial charge in [-0.25, -0.2) is 0 Å². The van der Waals surface area contributed by atoms with Crippen molar-refractivity contribution in [2.45, 2.75) is 71.5 Å². The van der Waals surface area contributed by atoms with Gasteiger partial charge in [0.15, 0.2) is 0 Å². The Kier molecular flexibility index (Phi) is 4.79. The summed E-state index contributed by atoms with van der Waals surface area (Å²) >= 11 is 0. The summed E-state index contributed by atoms with van der Waals surface area (Å²) in [6.45, 7) is 18.0. The summed E-state index contributed by atoms with van der Waals surface area (Å²) in [5, 5.41) is -0.382. The number of benzene rings is 2. The summed E-state index contributed by atoms with van der Waals surface area (Å²) in [6.07, 6.45) is 0. The second-order valence-corrected chi connectivity index (χ2v) is 9.53. The molecule has 0 aliphatic heterocycles. The molecule has 1 heteroatoms. The molecule has 2 rings (SSSR count). The van der Waals surface area contributed by atoms with Crippen molar-refractivity contribution in [3.8, 4) is 11.1 Å². The van der Waals surface area contributed by atoms with Gasteiger partial charge >= 0.3 is 0 Å². The van der Waals surface area contributed by atoms with Gasteiger partial charge in [0.05, 0.1) is 7.85 Å². The van der Waals surface area contributed by atoms with E-state index in [0.29, 0.717) is 0 Å². The van der Waals surface area contributed by atoms with Gasteiger partial charge in [0.25, 0.3) is 0 Å². The molecule has 0 aromatic heterocycles. The predicted octanol–water partition coefficient (Wildman–Crippen LogP) is 6.35. The number of rotatable bonds is 2. The van der Waals surface area contributed by atoms with Gasteiger partial charge in [-0.05, 0) is 44.0 Å². The lowest BCUT2D eigenvalue weighted by molar-refractivity contribution is 0.518.